The summed E-state index contributed by atoms with van der Waals surface area (Å²) in [6.45, 7) is 0. The van der Waals surface area contributed by atoms with Gasteiger partial charge in [0.05, 0.1) is 12.2 Å². The second-order valence-corrected chi connectivity index (χ2v) is 5.24. The van der Waals surface area contributed by atoms with Gasteiger partial charge in [-0.05, 0) is 31.6 Å². The predicted molar refractivity (Wildman–Crippen MR) is 76.3 cm³/mol. The van der Waals surface area contributed by atoms with Crippen LogP contribution in [0.3, 0.4) is 0 Å². The Morgan fingerprint density at radius 2 is 2.10 bits per heavy atom. The number of rotatable bonds is 2. The summed E-state index contributed by atoms with van der Waals surface area (Å²) in [5.74, 6) is 1.92. The number of carboxylic acid groups (broad SMARTS) is 1. The molecule has 0 atom stereocenters. The number of aliphatic carboxylic acids is 1. The van der Waals surface area contributed by atoms with Gasteiger partial charge < -0.3 is 15.4 Å². The number of fused-ring (bicyclic) bond motifs is 1. The summed E-state index contributed by atoms with van der Waals surface area (Å²) >= 11 is 0. The molecule has 3 rings (SSSR count). The first-order chi connectivity index (χ1) is 10.1. The lowest BCUT2D eigenvalue weighted by Gasteiger charge is -2.27. The Kier molecular flexibility index (Phi) is 3.22. The molecule has 0 radical (unpaired) electrons. The van der Waals surface area contributed by atoms with Gasteiger partial charge in [-0.2, -0.15) is 0 Å². The third kappa shape index (κ3) is 2.29. The van der Waals surface area contributed by atoms with Crippen molar-refractivity contribution in [1.29, 1.82) is 0 Å². The first-order valence-electron chi connectivity index (χ1n) is 6.79. The summed E-state index contributed by atoms with van der Waals surface area (Å²) in [6, 6.07) is 0.172. The van der Waals surface area contributed by atoms with E-state index in [9.17, 15) is 4.79 Å². The molecule has 7 heteroatoms. The van der Waals surface area contributed by atoms with E-state index in [-0.39, 0.29) is 23.6 Å². The Morgan fingerprint density at radius 3 is 2.71 bits per heavy atom. The van der Waals surface area contributed by atoms with Crippen molar-refractivity contribution in [3.8, 4) is 12.3 Å². The van der Waals surface area contributed by atoms with Gasteiger partial charge in [-0.3, -0.25) is 4.79 Å². The molecule has 0 aromatic carbocycles. The zero-order valence-electron chi connectivity index (χ0n) is 11.4. The average molecular weight is 285 g/mol. The predicted octanol–water partition coefficient (Wildman–Crippen LogP) is 1.21. The highest BCUT2D eigenvalue weighted by Crippen LogP contribution is 2.34. The van der Waals surface area contributed by atoms with E-state index in [0.717, 1.165) is 12.8 Å². The highest BCUT2D eigenvalue weighted by atomic mass is 16.4. The van der Waals surface area contributed by atoms with Crippen molar-refractivity contribution < 1.29 is 9.90 Å². The van der Waals surface area contributed by atoms with Crippen LogP contribution in [0.5, 0.6) is 0 Å². The zero-order chi connectivity index (χ0) is 15.0. The minimum Gasteiger partial charge on any atom is -0.481 e. The molecule has 2 heterocycles. The van der Waals surface area contributed by atoms with E-state index in [1.807, 2.05) is 4.57 Å². The van der Waals surface area contributed by atoms with Crippen LogP contribution in [0.2, 0.25) is 0 Å². The molecule has 0 spiro atoms. The number of anilines is 1. The first kappa shape index (κ1) is 13.4. The van der Waals surface area contributed by atoms with Crippen LogP contribution < -0.4 is 5.73 Å². The van der Waals surface area contributed by atoms with Crippen LogP contribution in [0, 0.1) is 18.3 Å². The van der Waals surface area contributed by atoms with Gasteiger partial charge in [-0.15, -0.1) is 6.42 Å². The number of hydrogen-bond donors (Lipinski definition) is 2. The number of nitrogens with zero attached hydrogens (tertiary/aromatic N) is 4. The van der Waals surface area contributed by atoms with Gasteiger partial charge in [-0.25, -0.2) is 15.0 Å². The van der Waals surface area contributed by atoms with E-state index < -0.39 is 5.97 Å². The van der Waals surface area contributed by atoms with Gasteiger partial charge in [0.25, 0.3) is 0 Å². The number of imidazole rings is 1. The maximum atomic E-state index is 11.0. The summed E-state index contributed by atoms with van der Waals surface area (Å²) in [5, 5.41) is 9.05. The summed E-state index contributed by atoms with van der Waals surface area (Å²) < 4.78 is 1.94. The van der Waals surface area contributed by atoms with Crippen molar-refractivity contribution in [1.82, 2.24) is 19.5 Å². The molecule has 1 saturated carbocycles. The number of nitrogens with two attached hydrogens (primary N) is 1. The lowest BCUT2D eigenvalue weighted by Crippen LogP contribution is -2.23. The average Bonchev–Trinajstić information content (AvgIpc) is 2.91. The summed E-state index contributed by atoms with van der Waals surface area (Å²) in [7, 11) is 0. The molecular formula is C14H15N5O2. The SMILES string of the molecule is C#Cc1nc(N)c2ncn(C3CCC(C(=O)O)CC3)c2n1. The molecule has 0 bridgehead atoms. The molecule has 7 nitrogen and oxygen atoms in total. The smallest absolute Gasteiger partial charge is 0.306 e. The minimum absolute atomic E-state index is 0.172. The van der Waals surface area contributed by atoms with Gasteiger partial charge in [0.1, 0.15) is 5.52 Å². The van der Waals surface area contributed by atoms with E-state index in [1.54, 1.807) is 6.33 Å². The minimum atomic E-state index is -0.717. The van der Waals surface area contributed by atoms with Crippen molar-refractivity contribution in [3.05, 3.63) is 12.2 Å². The Labute approximate surface area is 121 Å². The molecule has 0 unspecified atom stereocenters. The molecule has 0 saturated heterocycles. The second kappa shape index (κ2) is 5.05. The lowest BCUT2D eigenvalue weighted by atomic mass is 9.86. The van der Waals surface area contributed by atoms with Crippen LogP contribution in [0.15, 0.2) is 6.33 Å². The van der Waals surface area contributed by atoms with E-state index >= 15 is 0 Å². The van der Waals surface area contributed by atoms with Gasteiger partial charge in [0, 0.05) is 6.04 Å². The normalized spacial score (nSPS) is 22.0. The van der Waals surface area contributed by atoms with Gasteiger partial charge in [-0.1, -0.05) is 0 Å². The number of hydrogen-bond acceptors (Lipinski definition) is 5. The Morgan fingerprint density at radius 1 is 1.38 bits per heavy atom. The van der Waals surface area contributed by atoms with Gasteiger partial charge in [0.15, 0.2) is 11.5 Å². The summed E-state index contributed by atoms with van der Waals surface area (Å²) in [4.78, 5) is 23.6. The van der Waals surface area contributed by atoms with Crippen molar-refractivity contribution in [2.45, 2.75) is 31.7 Å². The number of nitrogen functional groups attached to an aromatic ring is 1. The molecule has 2 aromatic rings. The summed E-state index contributed by atoms with van der Waals surface area (Å²) in [6.07, 6.45) is 9.88. The van der Waals surface area contributed by atoms with Crippen LogP contribution in [-0.2, 0) is 4.79 Å². The zero-order valence-corrected chi connectivity index (χ0v) is 11.4. The van der Waals surface area contributed by atoms with Crippen LogP contribution in [-0.4, -0.2) is 30.6 Å². The lowest BCUT2D eigenvalue weighted by molar-refractivity contribution is -0.143. The first-order valence-corrected chi connectivity index (χ1v) is 6.79. The van der Waals surface area contributed by atoms with Crippen molar-refractivity contribution in [3.63, 3.8) is 0 Å². The van der Waals surface area contributed by atoms with Crippen LogP contribution in [0.1, 0.15) is 37.5 Å². The van der Waals surface area contributed by atoms with Crippen molar-refractivity contribution in [2.75, 3.05) is 5.73 Å². The third-order valence-electron chi connectivity index (χ3n) is 4.02. The molecule has 3 N–H and O–H groups in total. The quantitative estimate of drug-likeness (QED) is 0.803. The van der Waals surface area contributed by atoms with Crippen molar-refractivity contribution >= 4 is 23.0 Å². The van der Waals surface area contributed by atoms with Crippen LogP contribution in [0.4, 0.5) is 5.82 Å². The van der Waals surface area contributed by atoms with E-state index in [1.165, 1.54) is 0 Å². The second-order valence-electron chi connectivity index (χ2n) is 5.24. The van der Waals surface area contributed by atoms with Gasteiger partial charge in [0.2, 0.25) is 5.82 Å². The van der Waals surface area contributed by atoms with Crippen molar-refractivity contribution in [2.24, 2.45) is 5.92 Å². The molecule has 0 amide bonds. The monoisotopic (exact) mass is 285 g/mol. The maximum absolute atomic E-state index is 11.0. The Hall–Kier alpha value is -2.62. The fourth-order valence-corrected chi connectivity index (χ4v) is 2.87. The maximum Gasteiger partial charge on any atom is 0.306 e. The number of carbonyl (C=O) groups is 1. The molecule has 108 valence electrons. The molecule has 1 fully saturated rings. The largest absolute Gasteiger partial charge is 0.481 e. The number of terminal acetylenes is 1. The Bertz CT molecular complexity index is 738. The summed E-state index contributed by atoms with van der Waals surface area (Å²) in [5.41, 5.74) is 6.99. The van der Waals surface area contributed by atoms with E-state index in [2.05, 4.69) is 20.9 Å². The Balaban J connectivity index is 1.93. The number of aromatic nitrogens is 4. The van der Waals surface area contributed by atoms with E-state index in [0.29, 0.717) is 24.0 Å². The molecule has 1 aliphatic carbocycles. The van der Waals surface area contributed by atoms with E-state index in [4.69, 9.17) is 17.3 Å². The fourth-order valence-electron chi connectivity index (χ4n) is 2.87. The molecule has 1 aliphatic rings. The molecule has 2 aromatic heterocycles. The van der Waals surface area contributed by atoms with Gasteiger partial charge >= 0.3 is 5.97 Å². The highest BCUT2D eigenvalue weighted by molar-refractivity contribution is 5.82. The third-order valence-corrected chi connectivity index (χ3v) is 4.02. The topological polar surface area (TPSA) is 107 Å². The molecular weight excluding hydrogens is 270 g/mol. The van der Waals surface area contributed by atoms with Crippen LogP contribution >= 0.6 is 0 Å². The number of carboxylic acids is 1. The molecule has 21 heavy (non-hydrogen) atoms. The standard InChI is InChI=1S/C14H15N5O2/c1-2-10-17-12(15)11-13(18-10)19(7-16-11)9-5-3-8(4-6-9)14(20)21/h1,7-9H,3-6H2,(H,20,21)(H2,15,17,18). The van der Waals surface area contributed by atoms with Crippen LogP contribution in [0.25, 0.3) is 11.2 Å². The highest BCUT2D eigenvalue weighted by Gasteiger charge is 2.28. The molecule has 0 aliphatic heterocycles. The fraction of sp³-hybridized carbons (Fsp3) is 0.429.